The van der Waals surface area contributed by atoms with Gasteiger partial charge in [-0.3, -0.25) is 9.78 Å². The minimum absolute atomic E-state index is 0.0559. The zero-order valence-electron chi connectivity index (χ0n) is 13.4. The number of hydrogen-bond donors (Lipinski definition) is 2. The Labute approximate surface area is 135 Å². The minimum atomic E-state index is -0.239. The topological polar surface area (TPSA) is 84.2 Å². The Morgan fingerprint density at radius 2 is 2.04 bits per heavy atom. The number of anilines is 2. The maximum Gasteiger partial charge on any atom is 0.254 e. The molecule has 122 valence electrons. The predicted molar refractivity (Wildman–Crippen MR) is 90.4 cm³/mol. The van der Waals surface area contributed by atoms with Crippen LogP contribution in [0.3, 0.4) is 0 Å². The normalized spacial score (nSPS) is 21.6. The molecule has 0 unspecified atom stereocenters. The van der Waals surface area contributed by atoms with Gasteiger partial charge in [0.05, 0.1) is 6.10 Å². The zero-order chi connectivity index (χ0) is 16.4. The molecule has 1 fully saturated rings. The van der Waals surface area contributed by atoms with Crippen LogP contribution >= 0.6 is 0 Å². The van der Waals surface area contributed by atoms with E-state index in [1.54, 1.807) is 0 Å². The van der Waals surface area contributed by atoms with Crippen molar-refractivity contribution < 1.29 is 4.74 Å². The lowest BCUT2D eigenvalue weighted by Gasteiger charge is -2.40. The Bertz CT molecular complexity index is 714. The number of benzene rings is 1. The summed E-state index contributed by atoms with van der Waals surface area (Å²) in [6.45, 7) is 5.60. The van der Waals surface area contributed by atoms with Crippen LogP contribution in [0.5, 0.6) is 0 Å². The van der Waals surface area contributed by atoms with Gasteiger partial charge in [0.1, 0.15) is 11.9 Å². The minimum Gasteiger partial charge on any atom is -0.369 e. The third-order valence-corrected chi connectivity index (χ3v) is 4.11. The molecule has 2 aromatic rings. The van der Waals surface area contributed by atoms with Crippen LogP contribution in [0.2, 0.25) is 0 Å². The zero-order valence-corrected chi connectivity index (χ0v) is 13.4. The summed E-state index contributed by atoms with van der Waals surface area (Å²) in [5.41, 5.74) is 6.57. The van der Waals surface area contributed by atoms with Gasteiger partial charge in [-0.25, -0.2) is 0 Å². The van der Waals surface area contributed by atoms with Gasteiger partial charge in [0.2, 0.25) is 5.95 Å². The van der Waals surface area contributed by atoms with Crippen LogP contribution in [-0.2, 0) is 4.74 Å². The molecule has 3 N–H and O–H groups in total. The van der Waals surface area contributed by atoms with E-state index >= 15 is 0 Å². The number of aromatic nitrogens is 2. The Hall–Kier alpha value is -2.34. The Morgan fingerprint density at radius 3 is 2.70 bits per heavy atom. The lowest BCUT2D eigenvalue weighted by Crippen LogP contribution is -2.46. The summed E-state index contributed by atoms with van der Waals surface area (Å²) in [6, 6.07) is 11.6. The van der Waals surface area contributed by atoms with Gasteiger partial charge in [0.15, 0.2) is 0 Å². The van der Waals surface area contributed by atoms with E-state index in [2.05, 4.69) is 40.8 Å². The van der Waals surface area contributed by atoms with Crippen LogP contribution in [0.1, 0.15) is 25.5 Å². The Kier molecular flexibility index (Phi) is 4.34. The highest BCUT2D eigenvalue weighted by Gasteiger charge is 2.31. The van der Waals surface area contributed by atoms with Gasteiger partial charge < -0.3 is 15.4 Å². The number of rotatable bonds is 3. The van der Waals surface area contributed by atoms with Crippen LogP contribution < -0.4 is 16.2 Å². The molecule has 6 nitrogen and oxygen atoms in total. The van der Waals surface area contributed by atoms with Crippen LogP contribution in [0.25, 0.3) is 0 Å². The molecule has 23 heavy (non-hydrogen) atoms. The largest absolute Gasteiger partial charge is 0.369 e. The van der Waals surface area contributed by atoms with E-state index in [0.29, 0.717) is 24.8 Å². The molecular formula is C17H22N4O2. The van der Waals surface area contributed by atoms with Crippen molar-refractivity contribution >= 4 is 11.8 Å². The van der Waals surface area contributed by atoms with E-state index in [-0.39, 0.29) is 23.7 Å². The maximum atomic E-state index is 11.7. The van der Waals surface area contributed by atoms with Gasteiger partial charge >= 0.3 is 0 Å². The molecule has 1 aliphatic rings. The van der Waals surface area contributed by atoms with Crippen LogP contribution in [0.4, 0.5) is 11.8 Å². The molecule has 0 bridgehead atoms. The van der Waals surface area contributed by atoms with E-state index in [4.69, 9.17) is 10.5 Å². The average molecular weight is 314 g/mol. The molecule has 3 rings (SSSR count). The van der Waals surface area contributed by atoms with E-state index in [9.17, 15) is 4.79 Å². The lowest BCUT2D eigenvalue weighted by molar-refractivity contribution is -0.0500. The first kappa shape index (κ1) is 15.6. The number of nitrogens with zero attached hydrogens (tertiary/aromatic N) is 2. The first-order valence-electron chi connectivity index (χ1n) is 7.85. The molecule has 2 atom stereocenters. The highest BCUT2D eigenvalue weighted by atomic mass is 16.5. The summed E-state index contributed by atoms with van der Waals surface area (Å²) in [5.74, 6) is 1.10. The highest BCUT2D eigenvalue weighted by Crippen LogP contribution is 2.30. The summed E-state index contributed by atoms with van der Waals surface area (Å²) >= 11 is 0. The van der Waals surface area contributed by atoms with E-state index in [0.717, 1.165) is 5.56 Å². The van der Waals surface area contributed by atoms with Gasteiger partial charge in [-0.15, -0.1) is 0 Å². The number of morpholine rings is 1. The number of ether oxygens (including phenoxy) is 1. The van der Waals surface area contributed by atoms with Crippen molar-refractivity contribution in [3.05, 3.63) is 52.3 Å². The number of nitrogen functional groups attached to an aromatic ring is 1. The molecule has 1 aliphatic heterocycles. The molecule has 0 amide bonds. The second-order valence-electron chi connectivity index (χ2n) is 6.21. The number of nitrogens with two attached hydrogens (primary N) is 1. The SMILES string of the molecule is CC(C)[C@H]1CN(c2cc(=O)[nH]c(N)n2)C[C@@H](c2ccccc2)O1. The van der Waals surface area contributed by atoms with Gasteiger partial charge in [0, 0.05) is 19.2 Å². The summed E-state index contributed by atoms with van der Waals surface area (Å²) < 4.78 is 6.26. The van der Waals surface area contributed by atoms with Crippen molar-refractivity contribution in [2.75, 3.05) is 23.7 Å². The number of hydrogen-bond acceptors (Lipinski definition) is 5. The fourth-order valence-electron chi connectivity index (χ4n) is 2.82. The summed E-state index contributed by atoms with van der Waals surface area (Å²) in [6.07, 6.45) is 0.0101. The van der Waals surface area contributed by atoms with Crippen LogP contribution in [0, 0.1) is 5.92 Å². The molecule has 0 radical (unpaired) electrons. The summed E-state index contributed by atoms with van der Waals surface area (Å²) in [4.78, 5) is 20.5. The third kappa shape index (κ3) is 3.53. The Balaban J connectivity index is 1.91. The van der Waals surface area contributed by atoms with Crippen molar-refractivity contribution in [1.82, 2.24) is 9.97 Å². The first-order chi connectivity index (χ1) is 11.0. The standard InChI is InChI=1S/C17H22N4O2/c1-11(2)13-9-21(15-8-16(22)20-17(18)19-15)10-14(23-13)12-6-4-3-5-7-12/h3-8,11,13-14H,9-10H2,1-2H3,(H3,18,19,20,22)/t13-,14+/m1/s1. The molecule has 1 aromatic heterocycles. The number of aromatic amines is 1. The lowest BCUT2D eigenvalue weighted by atomic mass is 10.0. The third-order valence-electron chi connectivity index (χ3n) is 4.11. The number of H-pyrrole nitrogens is 1. The molecule has 0 spiro atoms. The molecule has 0 aliphatic carbocycles. The molecular weight excluding hydrogens is 292 g/mol. The summed E-state index contributed by atoms with van der Waals surface area (Å²) in [5, 5.41) is 0. The second kappa shape index (κ2) is 6.42. The quantitative estimate of drug-likeness (QED) is 0.904. The monoisotopic (exact) mass is 314 g/mol. The highest BCUT2D eigenvalue weighted by molar-refractivity contribution is 5.42. The van der Waals surface area contributed by atoms with Crippen molar-refractivity contribution in [1.29, 1.82) is 0 Å². The first-order valence-corrected chi connectivity index (χ1v) is 7.85. The van der Waals surface area contributed by atoms with E-state index in [1.165, 1.54) is 6.07 Å². The predicted octanol–water partition coefficient (Wildman–Crippen LogP) is 1.95. The van der Waals surface area contributed by atoms with Crippen LogP contribution in [-0.4, -0.2) is 29.2 Å². The average Bonchev–Trinajstić information content (AvgIpc) is 2.54. The molecule has 1 aromatic carbocycles. The maximum absolute atomic E-state index is 11.7. The molecule has 2 heterocycles. The summed E-state index contributed by atoms with van der Waals surface area (Å²) in [7, 11) is 0. The van der Waals surface area contributed by atoms with Crippen molar-refractivity contribution in [2.45, 2.75) is 26.1 Å². The smallest absolute Gasteiger partial charge is 0.254 e. The van der Waals surface area contributed by atoms with Gasteiger partial charge in [0.25, 0.3) is 5.56 Å². The van der Waals surface area contributed by atoms with Crippen molar-refractivity contribution in [2.24, 2.45) is 5.92 Å². The van der Waals surface area contributed by atoms with E-state index in [1.807, 2.05) is 18.2 Å². The number of nitrogens with one attached hydrogen (secondary N) is 1. The Morgan fingerprint density at radius 1 is 1.30 bits per heavy atom. The van der Waals surface area contributed by atoms with E-state index < -0.39 is 0 Å². The van der Waals surface area contributed by atoms with Gasteiger partial charge in [-0.2, -0.15) is 4.98 Å². The van der Waals surface area contributed by atoms with Crippen molar-refractivity contribution in [3.63, 3.8) is 0 Å². The van der Waals surface area contributed by atoms with Crippen molar-refractivity contribution in [3.8, 4) is 0 Å². The van der Waals surface area contributed by atoms with Gasteiger partial charge in [-0.1, -0.05) is 44.2 Å². The van der Waals surface area contributed by atoms with Crippen LogP contribution in [0.15, 0.2) is 41.2 Å². The second-order valence-corrected chi connectivity index (χ2v) is 6.21. The van der Waals surface area contributed by atoms with Gasteiger partial charge in [-0.05, 0) is 11.5 Å². The molecule has 1 saturated heterocycles. The fourth-order valence-corrected chi connectivity index (χ4v) is 2.82. The molecule has 0 saturated carbocycles. The fraction of sp³-hybridized carbons (Fsp3) is 0.412. The molecule has 6 heteroatoms.